The Bertz CT molecular complexity index is 1100. The van der Waals surface area contributed by atoms with Gasteiger partial charge in [-0.05, 0) is 62.3 Å². The van der Waals surface area contributed by atoms with Crippen molar-refractivity contribution < 1.29 is 14.6 Å². The molecule has 0 radical (unpaired) electrons. The predicted molar refractivity (Wildman–Crippen MR) is 118 cm³/mol. The van der Waals surface area contributed by atoms with Crippen molar-refractivity contribution in [1.29, 1.82) is 0 Å². The molecule has 8 nitrogen and oxygen atoms in total. The number of hydrogen-bond acceptors (Lipinski definition) is 6. The van der Waals surface area contributed by atoms with E-state index in [0.717, 1.165) is 36.8 Å². The SMILES string of the molecule is C[C@@H]1CC[C@@H](Oc2nccc(C3CC3)c2CO)CN1C(=O)c1ccccc1-n1nccn1. The number of nitrogens with zero attached hydrogens (tertiary/aromatic N) is 5. The van der Waals surface area contributed by atoms with Crippen LogP contribution in [-0.2, 0) is 6.61 Å². The van der Waals surface area contributed by atoms with Crippen molar-refractivity contribution >= 4 is 5.91 Å². The summed E-state index contributed by atoms with van der Waals surface area (Å²) in [6.07, 6.45) is 8.70. The van der Waals surface area contributed by atoms with Gasteiger partial charge in [0.15, 0.2) is 0 Å². The van der Waals surface area contributed by atoms with Crippen molar-refractivity contribution in [1.82, 2.24) is 24.9 Å². The van der Waals surface area contributed by atoms with Gasteiger partial charge in [-0.2, -0.15) is 15.0 Å². The van der Waals surface area contributed by atoms with Crippen LogP contribution in [0.3, 0.4) is 0 Å². The van der Waals surface area contributed by atoms with Crippen LogP contribution >= 0.6 is 0 Å². The number of aliphatic hydroxyl groups excluding tert-OH is 1. The van der Waals surface area contributed by atoms with E-state index in [4.69, 9.17) is 4.74 Å². The quantitative estimate of drug-likeness (QED) is 0.642. The summed E-state index contributed by atoms with van der Waals surface area (Å²) in [5.41, 5.74) is 3.12. The summed E-state index contributed by atoms with van der Waals surface area (Å²) in [6, 6.07) is 9.44. The number of ether oxygens (including phenoxy) is 1. The molecule has 1 aliphatic carbocycles. The highest BCUT2D eigenvalue weighted by Gasteiger charge is 2.33. The molecule has 1 aliphatic heterocycles. The minimum atomic E-state index is -0.183. The summed E-state index contributed by atoms with van der Waals surface area (Å²) in [5.74, 6) is 0.921. The first-order chi connectivity index (χ1) is 15.7. The van der Waals surface area contributed by atoms with Gasteiger partial charge in [0.2, 0.25) is 5.88 Å². The van der Waals surface area contributed by atoms with Crippen molar-refractivity contribution in [2.75, 3.05) is 6.54 Å². The molecule has 0 bridgehead atoms. The monoisotopic (exact) mass is 433 g/mol. The number of benzene rings is 1. The Hall–Kier alpha value is -3.26. The maximum Gasteiger partial charge on any atom is 0.256 e. The first-order valence-corrected chi connectivity index (χ1v) is 11.2. The molecule has 8 heteroatoms. The topological polar surface area (TPSA) is 93.4 Å². The van der Waals surface area contributed by atoms with Crippen molar-refractivity contribution in [3.05, 3.63) is 65.6 Å². The lowest BCUT2D eigenvalue weighted by molar-refractivity contribution is 0.0366. The zero-order valence-electron chi connectivity index (χ0n) is 18.1. The number of amides is 1. The normalized spacial score (nSPS) is 20.9. The Morgan fingerprint density at radius 2 is 1.88 bits per heavy atom. The van der Waals surface area contributed by atoms with E-state index < -0.39 is 0 Å². The molecule has 1 saturated carbocycles. The van der Waals surface area contributed by atoms with Crippen molar-refractivity contribution in [2.24, 2.45) is 0 Å². The number of carbonyl (C=O) groups is 1. The number of aromatic nitrogens is 4. The smallest absolute Gasteiger partial charge is 0.256 e. The number of likely N-dealkylation sites (tertiary alicyclic amines) is 1. The summed E-state index contributed by atoms with van der Waals surface area (Å²) in [5, 5.41) is 18.3. The van der Waals surface area contributed by atoms with E-state index in [9.17, 15) is 9.90 Å². The first kappa shape index (κ1) is 20.6. The van der Waals surface area contributed by atoms with Gasteiger partial charge in [-0.3, -0.25) is 4.79 Å². The Balaban J connectivity index is 1.37. The molecule has 1 N–H and O–H groups in total. The minimum Gasteiger partial charge on any atom is -0.472 e. The Morgan fingerprint density at radius 1 is 1.09 bits per heavy atom. The van der Waals surface area contributed by atoms with Crippen LogP contribution in [0.5, 0.6) is 5.88 Å². The maximum atomic E-state index is 13.5. The van der Waals surface area contributed by atoms with Gasteiger partial charge in [-0.15, -0.1) is 0 Å². The lowest BCUT2D eigenvalue weighted by atomic mass is 9.99. The third kappa shape index (κ3) is 3.98. The van der Waals surface area contributed by atoms with Gasteiger partial charge in [0.25, 0.3) is 5.91 Å². The summed E-state index contributed by atoms with van der Waals surface area (Å²) in [4.78, 5) is 21.3. The van der Waals surface area contributed by atoms with E-state index >= 15 is 0 Å². The third-order valence-corrected chi connectivity index (χ3v) is 6.37. The number of para-hydroxylation sites is 1. The molecule has 3 aromatic rings. The number of pyridine rings is 1. The van der Waals surface area contributed by atoms with E-state index in [1.54, 1.807) is 18.6 Å². The molecule has 2 fully saturated rings. The molecule has 2 aromatic heterocycles. The Labute approximate surface area is 186 Å². The second-order valence-electron chi connectivity index (χ2n) is 8.58. The predicted octanol–water partition coefficient (Wildman–Crippen LogP) is 3.10. The van der Waals surface area contributed by atoms with E-state index in [0.29, 0.717) is 29.6 Å². The molecular formula is C24H27N5O3. The fourth-order valence-electron chi connectivity index (χ4n) is 4.46. The van der Waals surface area contributed by atoms with E-state index in [1.165, 1.54) is 4.80 Å². The van der Waals surface area contributed by atoms with Gasteiger partial charge in [0.1, 0.15) is 6.10 Å². The molecule has 1 saturated heterocycles. The minimum absolute atomic E-state index is 0.0687. The molecule has 3 heterocycles. The second kappa shape index (κ2) is 8.70. The van der Waals surface area contributed by atoms with Gasteiger partial charge in [-0.25, -0.2) is 4.98 Å². The summed E-state index contributed by atoms with van der Waals surface area (Å²) in [6.45, 7) is 2.43. The summed E-state index contributed by atoms with van der Waals surface area (Å²) >= 11 is 0. The van der Waals surface area contributed by atoms with Crippen molar-refractivity contribution in [3.63, 3.8) is 0 Å². The molecule has 1 amide bonds. The molecule has 32 heavy (non-hydrogen) atoms. The molecule has 2 aliphatic rings. The third-order valence-electron chi connectivity index (χ3n) is 6.37. The van der Waals surface area contributed by atoms with Gasteiger partial charge in [-0.1, -0.05) is 12.1 Å². The van der Waals surface area contributed by atoms with Crippen LogP contribution in [0.4, 0.5) is 0 Å². The fourth-order valence-corrected chi connectivity index (χ4v) is 4.46. The number of carbonyl (C=O) groups excluding carboxylic acids is 1. The summed E-state index contributed by atoms with van der Waals surface area (Å²) < 4.78 is 6.27. The largest absolute Gasteiger partial charge is 0.472 e. The average molecular weight is 434 g/mol. The standard InChI is InChI=1S/C24H27N5O3/c1-16-6-9-18(32-23-21(15-30)19(10-11-25-23)17-7-8-17)14-28(16)24(31)20-4-2-3-5-22(20)29-26-12-13-27-29/h2-5,10-13,16-18,30H,6-9,14-15H2,1H3/t16-,18-/m1/s1. The second-order valence-corrected chi connectivity index (χ2v) is 8.58. The summed E-state index contributed by atoms with van der Waals surface area (Å²) in [7, 11) is 0. The average Bonchev–Trinajstić information content (AvgIpc) is 3.53. The van der Waals surface area contributed by atoms with Crippen LogP contribution in [0.15, 0.2) is 48.9 Å². The van der Waals surface area contributed by atoms with Gasteiger partial charge < -0.3 is 14.7 Å². The van der Waals surface area contributed by atoms with Crippen LogP contribution < -0.4 is 4.74 Å². The Morgan fingerprint density at radius 3 is 2.62 bits per heavy atom. The molecule has 2 atom stereocenters. The van der Waals surface area contributed by atoms with E-state index in [2.05, 4.69) is 22.1 Å². The zero-order valence-corrected chi connectivity index (χ0v) is 18.1. The zero-order chi connectivity index (χ0) is 22.1. The highest BCUT2D eigenvalue weighted by Crippen LogP contribution is 2.43. The lowest BCUT2D eigenvalue weighted by Gasteiger charge is -2.38. The van der Waals surface area contributed by atoms with Crippen LogP contribution in [0.1, 0.15) is 60.0 Å². The number of piperidine rings is 1. The molecule has 0 unspecified atom stereocenters. The first-order valence-electron chi connectivity index (χ1n) is 11.2. The molecule has 166 valence electrons. The molecular weight excluding hydrogens is 406 g/mol. The van der Waals surface area contributed by atoms with Gasteiger partial charge in [0, 0.05) is 17.8 Å². The Kier molecular flexibility index (Phi) is 5.61. The molecule has 1 aromatic carbocycles. The molecule has 0 spiro atoms. The van der Waals surface area contributed by atoms with E-state index in [1.807, 2.05) is 35.2 Å². The van der Waals surface area contributed by atoms with Crippen LogP contribution in [0.25, 0.3) is 5.69 Å². The lowest BCUT2D eigenvalue weighted by Crippen LogP contribution is -2.49. The van der Waals surface area contributed by atoms with Crippen LogP contribution in [0.2, 0.25) is 0 Å². The van der Waals surface area contributed by atoms with E-state index in [-0.39, 0.29) is 24.7 Å². The number of rotatable bonds is 6. The van der Waals surface area contributed by atoms with Crippen molar-refractivity contribution in [3.8, 4) is 11.6 Å². The maximum absolute atomic E-state index is 13.5. The highest BCUT2D eigenvalue weighted by molar-refractivity contribution is 5.98. The fraction of sp³-hybridized carbons (Fsp3) is 0.417. The van der Waals surface area contributed by atoms with Crippen LogP contribution in [0, 0.1) is 0 Å². The molecule has 5 rings (SSSR count). The van der Waals surface area contributed by atoms with Crippen LogP contribution in [-0.4, -0.2) is 54.6 Å². The van der Waals surface area contributed by atoms with Gasteiger partial charge in [0.05, 0.1) is 36.8 Å². The van der Waals surface area contributed by atoms with Crippen molar-refractivity contribution in [2.45, 2.75) is 57.3 Å². The highest BCUT2D eigenvalue weighted by atomic mass is 16.5. The number of hydrogen-bond donors (Lipinski definition) is 1. The van der Waals surface area contributed by atoms with Gasteiger partial charge >= 0.3 is 0 Å². The number of aliphatic hydroxyl groups is 1.